The zero-order chi connectivity index (χ0) is 19.7. The molecule has 1 aliphatic carbocycles. The lowest BCUT2D eigenvalue weighted by Crippen LogP contribution is -2.86. The molecule has 2 saturated heterocycles. The predicted octanol–water partition coefficient (Wildman–Crippen LogP) is 1.33. The molecule has 0 radical (unpaired) electrons. The Morgan fingerprint density at radius 3 is 2.50 bits per heavy atom. The van der Waals surface area contributed by atoms with Gasteiger partial charge in [-0.15, -0.1) is 0 Å². The predicted molar refractivity (Wildman–Crippen MR) is 104 cm³/mol. The van der Waals surface area contributed by atoms with Gasteiger partial charge in [0, 0.05) is 32.2 Å². The van der Waals surface area contributed by atoms with Crippen molar-refractivity contribution < 1.29 is 19.4 Å². The summed E-state index contributed by atoms with van der Waals surface area (Å²) in [5.41, 5.74) is 0.635. The number of likely N-dealkylation sites (tertiary alicyclic amines) is 2. The molecular formula is C21H29N3O4. The number of benzene rings is 1. The number of nitrogens with one attached hydrogen (secondary N) is 1. The van der Waals surface area contributed by atoms with Crippen LogP contribution in [0.5, 0.6) is 0 Å². The molecule has 7 nitrogen and oxygen atoms in total. The highest BCUT2D eigenvalue weighted by atomic mass is 16.5. The quantitative estimate of drug-likeness (QED) is 0.799. The highest BCUT2D eigenvalue weighted by Gasteiger charge is 2.68. The number of carbonyl (C=O) groups is 2. The Labute approximate surface area is 165 Å². The molecule has 4 rings (SSSR count). The monoisotopic (exact) mass is 387 g/mol. The van der Waals surface area contributed by atoms with Crippen molar-refractivity contribution in [3.63, 3.8) is 0 Å². The summed E-state index contributed by atoms with van der Waals surface area (Å²) in [6.07, 6.45) is 4.43. The molecule has 7 heteroatoms. The van der Waals surface area contributed by atoms with Gasteiger partial charge in [-0.05, 0) is 18.4 Å². The van der Waals surface area contributed by atoms with Gasteiger partial charge in [-0.25, -0.2) is 4.79 Å². The van der Waals surface area contributed by atoms with Crippen LogP contribution >= 0.6 is 0 Å². The van der Waals surface area contributed by atoms with Crippen molar-refractivity contribution in [2.24, 2.45) is 0 Å². The molecule has 0 bridgehead atoms. The molecule has 2 N–H and O–H groups in total. The van der Waals surface area contributed by atoms with E-state index in [0.29, 0.717) is 13.1 Å². The van der Waals surface area contributed by atoms with Crippen LogP contribution in [-0.4, -0.2) is 77.9 Å². The Morgan fingerprint density at radius 1 is 1.21 bits per heavy atom. The third-order valence-electron chi connectivity index (χ3n) is 6.56. The van der Waals surface area contributed by atoms with Crippen LogP contribution in [0.25, 0.3) is 0 Å². The average molecular weight is 387 g/mol. The number of amides is 3. The van der Waals surface area contributed by atoms with Gasteiger partial charge in [-0.2, -0.15) is 0 Å². The van der Waals surface area contributed by atoms with Crippen LogP contribution in [0.4, 0.5) is 4.79 Å². The number of rotatable bonds is 5. The summed E-state index contributed by atoms with van der Waals surface area (Å²) in [6, 6.07) is 9.91. The fourth-order valence-electron chi connectivity index (χ4n) is 5.35. The summed E-state index contributed by atoms with van der Waals surface area (Å²) < 4.78 is 5.05. The van der Waals surface area contributed by atoms with Crippen molar-refractivity contribution in [2.75, 3.05) is 33.4 Å². The first-order chi connectivity index (χ1) is 13.6. The third-order valence-corrected chi connectivity index (χ3v) is 6.56. The molecule has 2 atom stereocenters. The van der Waals surface area contributed by atoms with E-state index >= 15 is 0 Å². The lowest BCUT2D eigenvalue weighted by Gasteiger charge is -2.70. The molecule has 28 heavy (non-hydrogen) atoms. The van der Waals surface area contributed by atoms with E-state index < -0.39 is 5.54 Å². The van der Waals surface area contributed by atoms with Crippen molar-refractivity contribution in [1.82, 2.24) is 15.1 Å². The van der Waals surface area contributed by atoms with E-state index in [1.54, 1.807) is 9.80 Å². The maximum absolute atomic E-state index is 12.7. The molecule has 2 aliphatic heterocycles. The second kappa shape index (κ2) is 7.72. The molecule has 1 spiro atoms. The summed E-state index contributed by atoms with van der Waals surface area (Å²) in [6.45, 7) is 0.840. The maximum atomic E-state index is 12.7. The third kappa shape index (κ3) is 3.06. The molecule has 3 amide bonds. The van der Waals surface area contributed by atoms with Gasteiger partial charge in [0.05, 0.1) is 18.2 Å². The van der Waals surface area contributed by atoms with Gasteiger partial charge in [-0.1, -0.05) is 43.2 Å². The lowest BCUT2D eigenvalue weighted by molar-refractivity contribution is -0.196. The second-order valence-corrected chi connectivity index (χ2v) is 8.23. The fourth-order valence-corrected chi connectivity index (χ4v) is 5.35. The van der Waals surface area contributed by atoms with Gasteiger partial charge in [0.1, 0.15) is 6.61 Å². The first-order valence-corrected chi connectivity index (χ1v) is 10.1. The minimum atomic E-state index is -0.461. The highest BCUT2D eigenvalue weighted by Crippen LogP contribution is 2.53. The van der Waals surface area contributed by atoms with E-state index in [4.69, 9.17) is 4.74 Å². The van der Waals surface area contributed by atoms with E-state index in [-0.39, 0.29) is 43.2 Å². The molecular weight excluding hydrogens is 358 g/mol. The minimum Gasteiger partial charge on any atom is -0.394 e. The Hall–Kier alpha value is -2.12. The lowest BCUT2D eigenvalue weighted by atomic mass is 9.60. The van der Waals surface area contributed by atoms with Crippen LogP contribution < -0.4 is 5.32 Å². The Kier molecular flexibility index (Phi) is 5.29. The van der Waals surface area contributed by atoms with E-state index in [0.717, 1.165) is 18.4 Å². The number of aliphatic hydroxyl groups is 1. The number of urea groups is 1. The van der Waals surface area contributed by atoms with Crippen molar-refractivity contribution in [1.29, 1.82) is 0 Å². The summed E-state index contributed by atoms with van der Waals surface area (Å²) in [4.78, 5) is 28.9. The molecule has 3 fully saturated rings. The molecule has 1 aromatic carbocycles. The first-order valence-electron chi connectivity index (χ1n) is 10.1. The van der Waals surface area contributed by atoms with Gasteiger partial charge in [0.25, 0.3) is 0 Å². The average Bonchev–Trinajstić information content (AvgIpc) is 3.14. The van der Waals surface area contributed by atoms with Crippen LogP contribution in [0.1, 0.15) is 37.2 Å². The highest BCUT2D eigenvalue weighted by molar-refractivity contribution is 5.83. The largest absolute Gasteiger partial charge is 0.394 e. The van der Waals surface area contributed by atoms with E-state index in [1.807, 2.05) is 30.3 Å². The number of carbonyl (C=O) groups excluding carboxylic acids is 2. The number of hydrogen-bond acceptors (Lipinski definition) is 4. The number of hydrogen-bond donors (Lipinski definition) is 2. The van der Waals surface area contributed by atoms with Crippen LogP contribution in [0.3, 0.4) is 0 Å². The summed E-state index contributed by atoms with van der Waals surface area (Å²) in [7, 11) is 1.50. The normalized spacial score (nSPS) is 26.1. The molecule has 152 valence electrons. The molecule has 1 saturated carbocycles. The van der Waals surface area contributed by atoms with Crippen molar-refractivity contribution in [2.45, 2.75) is 49.2 Å². The van der Waals surface area contributed by atoms with Gasteiger partial charge in [0.15, 0.2) is 0 Å². The zero-order valence-corrected chi connectivity index (χ0v) is 16.3. The molecule has 3 aliphatic rings. The standard InChI is InChI=1S/C21H29N3O4/c1-28-12-18(26)24-17(11-25)19(15-7-3-2-4-8-15)21(24)13-23(14-21)20(27)22-16-9-5-6-10-16/h2-4,7-8,16-17,19,25H,5-6,9-14H2,1H3,(H,22,27)/t17-,19-/m0/s1. The van der Waals surface area contributed by atoms with Gasteiger partial charge < -0.3 is 25.0 Å². The van der Waals surface area contributed by atoms with Crippen LogP contribution in [0, 0.1) is 0 Å². The fraction of sp³-hybridized carbons (Fsp3) is 0.619. The van der Waals surface area contributed by atoms with Crippen LogP contribution in [-0.2, 0) is 9.53 Å². The number of ether oxygens (including phenoxy) is 1. The molecule has 0 aromatic heterocycles. The second-order valence-electron chi connectivity index (χ2n) is 8.23. The summed E-state index contributed by atoms with van der Waals surface area (Å²) in [5.74, 6) is -0.125. The maximum Gasteiger partial charge on any atom is 0.317 e. The molecule has 0 unspecified atom stereocenters. The number of methoxy groups -OCH3 is 1. The van der Waals surface area contributed by atoms with E-state index in [9.17, 15) is 14.7 Å². The topological polar surface area (TPSA) is 82.1 Å². The smallest absolute Gasteiger partial charge is 0.317 e. The van der Waals surface area contributed by atoms with Gasteiger partial charge in [-0.3, -0.25) is 4.79 Å². The summed E-state index contributed by atoms with van der Waals surface area (Å²) >= 11 is 0. The van der Waals surface area contributed by atoms with Gasteiger partial charge >= 0.3 is 6.03 Å². The SMILES string of the molecule is COCC(=O)N1[C@@H](CO)[C@H](c2ccccc2)C12CN(C(=O)NC1CCCC1)C2. The van der Waals surface area contributed by atoms with E-state index in [1.165, 1.54) is 20.0 Å². The zero-order valence-electron chi connectivity index (χ0n) is 16.3. The van der Waals surface area contributed by atoms with E-state index in [2.05, 4.69) is 5.32 Å². The molecule has 2 heterocycles. The van der Waals surface area contributed by atoms with Crippen LogP contribution in [0.2, 0.25) is 0 Å². The molecule has 1 aromatic rings. The van der Waals surface area contributed by atoms with Crippen molar-refractivity contribution in [3.05, 3.63) is 35.9 Å². The Bertz CT molecular complexity index is 714. The van der Waals surface area contributed by atoms with Crippen molar-refractivity contribution in [3.8, 4) is 0 Å². The Morgan fingerprint density at radius 2 is 1.89 bits per heavy atom. The van der Waals surface area contributed by atoms with Crippen LogP contribution in [0.15, 0.2) is 30.3 Å². The number of nitrogens with zero attached hydrogens (tertiary/aromatic N) is 2. The summed E-state index contributed by atoms with van der Waals surface area (Å²) in [5, 5.41) is 13.1. The van der Waals surface area contributed by atoms with Gasteiger partial charge in [0.2, 0.25) is 5.91 Å². The van der Waals surface area contributed by atoms with Crippen molar-refractivity contribution >= 4 is 11.9 Å². The Balaban J connectivity index is 1.53. The number of aliphatic hydroxyl groups excluding tert-OH is 1. The minimum absolute atomic E-state index is 0.00929. The first kappa shape index (κ1) is 19.2.